The van der Waals surface area contributed by atoms with Gasteiger partial charge in [-0.25, -0.2) is 0 Å². The third-order valence-electron chi connectivity index (χ3n) is 0.117. The lowest BCUT2D eigenvalue weighted by atomic mass is 10.5. The van der Waals surface area contributed by atoms with E-state index >= 15 is 0 Å². The molecule has 6 heteroatoms. The Balaban J connectivity index is -0.000000105. The topological polar surface area (TPSA) is 20.2 Å². The van der Waals surface area contributed by atoms with E-state index in [0.717, 1.165) is 0 Å². The zero-order chi connectivity index (χ0) is 10.6. The van der Waals surface area contributed by atoms with E-state index in [1.54, 1.807) is 13.8 Å². The third-order valence-corrected chi connectivity index (χ3v) is 1.05. The molecule has 1 N–H and O–H groups in total. The Morgan fingerprint density at radius 2 is 1.17 bits per heavy atom. The Morgan fingerprint density at radius 3 is 1.17 bits per heavy atom. The first-order valence-electron chi connectivity index (χ1n) is 3.06. The van der Waals surface area contributed by atoms with Gasteiger partial charge in [0.05, 0.1) is 11.2 Å². The van der Waals surface area contributed by atoms with E-state index < -0.39 is 4.84 Å². The molecule has 0 bridgehead atoms. The maximum atomic E-state index is 8.06. The van der Waals surface area contributed by atoms with E-state index in [1.807, 2.05) is 0 Å². The van der Waals surface area contributed by atoms with Crippen LogP contribution in [-0.2, 0) is 0 Å². The second kappa shape index (κ2) is 18.2. The maximum absolute atomic E-state index is 8.06. The molecule has 0 aromatic rings. The molecule has 78 valence electrons. The van der Waals surface area contributed by atoms with Gasteiger partial charge in [-0.05, 0) is 13.8 Å². The molecule has 0 amide bonds. The fourth-order valence-corrected chi connectivity index (χ4v) is 0. The molecule has 0 saturated carbocycles. The van der Waals surface area contributed by atoms with Crippen LogP contribution >= 0.6 is 58.0 Å². The summed E-state index contributed by atoms with van der Waals surface area (Å²) < 4.78 is 0. The van der Waals surface area contributed by atoms with Crippen molar-refractivity contribution < 1.29 is 5.11 Å². The van der Waals surface area contributed by atoms with Gasteiger partial charge in [-0.1, -0.05) is 0 Å². The monoisotopic (exact) mass is 276 g/mol. The van der Waals surface area contributed by atoms with Crippen molar-refractivity contribution in [2.75, 3.05) is 11.2 Å². The van der Waals surface area contributed by atoms with Crippen molar-refractivity contribution in [1.29, 1.82) is 0 Å². The van der Waals surface area contributed by atoms with Gasteiger partial charge in [0.15, 0.2) is 0 Å². The molecular formula is C6H13Cl5O. The van der Waals surface area contributed by atoms with Crippen molar-refractivity contribution in [1.82, 2.24) is 0 Å². The summed E-state index contributed by atoms with van der Waals surface area (Å²) in [6.07, 6.45) is -0.167. The van der Waals surface area contributed by atoms with E-state index in [-0.39, 0.29) is 11.4 Å². The van der Waals surface area contributed by atoms with Crippen LogP contribution in [0.15, 0.2) is 0 Å². The number of alkyl halides is 5. The summed E-state index contributed by atoms with van der Waals surface area (Å²) in [5.41, 5.74) is 0. The van der Waals surface area contributed by atoms with Gasteiger partial charge in [-0.3, -0.25) is 0 Å². The molecule has 0 aliphatic heterocycles. The number of rotatable bonds is 1. The molecule has 0 fully saturated rings. The molecule has 0 spiro atoms. The third kappa shape index (κ3) is 106. The Morgan fingerprint density at radius 1 is 1.08 bits per heavy atom. The Kier molecular flexibility index (Phi) is 29.0. The average Bonchev–Trinajstić information content (AvgIpc) is 1.88. The second-order valence-electron chi connectivity index (χ2n) is 1.74. The summed E-state index contributed by atoms with van der Waals surface area (Å²) in [5.74, 6) is 0.309. The number of hydrogen-bond acceptors (Lipinski definition) is 1. The molecule has 0 rings (SSSR count). The lowest BCUT2D eigenvalue weighted by Crippen LogP contribution is -1.85. The van der Waals surface area contributed by atoms with Crippen LogP contribution in [0.5, 0.6) is 0 Å². The van der Waals surface area contributed by atoms with E-state index in [2.05, 4.69) is 0 Å². The lowest BCUT2D eigenvalue weighted by molar-refractivity contribution is 0.216. The van der Waals surface area contributed by atoms with Crippen LogP contribution in [0.3, 0.4) is 0 Å². The summed E-state index contributed by atoms with van der Waals surface area (Å²) in [4.78, 5) is -0.406. The van der Waals surface area contributed by atoms with Crippen LogP contribution in [0.2, 0.25) is 0 Å². The normalized spacial score (nSPS) is 8.50. The van der Waals surface area contributed by atoms with Crippen molar-refractivity contribution in [3.05, 3.63) is 0 Å². The molecule has 0 aromatic carbocycles. The maximum Gasteiger partial charge on any atom is 0.121 e. The minimum absolute atomic E-state index is 0.167. The minimum atomic E-state index is -0.406. The molecule has 12 heavy (non-hydrogen) atoms. The number of halogens is 5. The average molecular weight is 278 g/mol. The molecular weight excluding hydrogens is 265 g/mol. The van der Waals surface area contributed by atoms with Gasteiger partial charge < -0.3 is 5.11 Å². The van der Waals surface area contributed by atoms with Crippen LogP contribution in [0, 0.1) is 0 Å². The van der Waals surface area contributed by atoms with Gasteiger partial charge in [0.2, 0.25) is 0 Å². The van der Waals surface area contributed by atoms with E-state index in [9.17, 15) is 0 Å². The first kappa shape index (κ1) is 19.1. The standard InChI is InChI=1S/C3H8O.C2H3Cl3.CH2Cl2/c1-3(2)4;3-1-2(4)5;2-1-3/h3-4H,1-2H3;2H,1H2;1H2. The highest BCUT2D eigenvalue weighted by Crippen LogP contribution is 2.01. The number of hydrogen-bond donors (Lipinski definition) is 1. The highest BCUT2D eigenvalue weighted by Gasteiger charge is 1.88. The van der Waals surface area contributed by atoms with Gasteiger partial charge in [0, 0.05) is 6.10 Å². The van der Waals surface area contributed by atoms with Gasteiger partial charge in [0.1, 0.15) is 4.84 Å². The Hall–Kier alpha value is 1.41. The van der Waals surface area contributed by atoms with E-state index in [0.29, 0.717) is 5.88 Å². The number of aliphatic hydroxyl groups excluding tert-OH is 1. The fourth-order valence-electron chi connectivity index (χ4n) is 0. The quantitative estimate of drug-likeness (QED) is 0.723. The predicted molar refractivity (Wildman–Crippen MR) is 60.1 cm³/mol. The summed E-state index contributed by atoms with van der Waals surface area (Å²) in [5, 5.41) is 8.25. The molecule has 0 aliphatic rings. The van der Waals surface area contributed by atoms with Gasteiger partial charge in [-0.2, -0.15) is 0 Å². The first-order chi connectivity index (χ1) is 5.42. The lowest BCUT2D eigenvalue weighted by Gasteiger charge is -1.82. The van der Waals surface area contributed by atoms with Crippen molar-refractivity contribution in [3.8, 4) is 0 Å². The number of aliphatic hydroxyl groups is 1. The van der Waals surface area contributed by atoms with Crippen molar-refractivity contribution in [2.24, 2.45) is 0 Å². The molecule has 0 aliphatic carbocycles. The molecule has 0 radical (unpaired) electrons. The van der Waals surface area contributed by atoms with E-state index in [1.165, 1.54) is 0 Å². The molecule has 0 aromatic heterocycles. The summed E-state index contributed by atoms with van der Waals surface area (Å²) in [6, 6.07) is 0. The fraction of sp³-hybridized carbons (Fsp3) is 1.00. The zero-order valence-electron chi connectivity index (χ0n) is 6.91. The van der Waals surface area contributed by atoms with Crippen LogP contribution < -0.4 is 0 Å². The molecule has 0 heterocycles. The van der Waals surface area contributed by atoms with Gasteiger partial charge >= 0.3 is 0 Å². The summed E-state index contributed by atoms with van der Waals surface area (Å²) >= 11 is 24.8. The zero-order valence-corrected chi connectivity index (χ0v) is 10.7. The highest BCUT2D eigenvalue weighted by molar-refractivity contribution is 6.47. The minimum Gasteiger partial charge on any atom is -0.394 e. The second-order valence-corrected chi connectivity index (χ2v) is 4.13. The molecule has 0 saturated heterocycles. The van der Waals surface area contributed by atoms with Gasteiger partial charge in [-0.15, -0.1) is 58.0 Å². The summed E-state index contributed by atoms with van der Waals surface area (Å²) in [7, 11) is 0. The SMILES string of the molecule is CC(C)O.ClCC(Cl)Cl.ClCCl. The van der Waals surface area contributed by atoms with Crippen molar-refractivity contribution in [2.45, 2.75) is 24.8 Å². The Bertz CT molecular complexity index is 57.1. The van der Waals surface area contributed by atoms with Crippen LogP contribution in [-0.4, -0.2) is 27.3 Å². The molecule has 0 atom stereocenters. The van der Waals surface area contributed by atoms with Gasteiger partial charge in [0.25, 0.3) is 0 Å². The Labute approximate surface area is 98.9 Å². The molecule has 1 nitrogen and oxygen atoms in total. The van der Waals surface area contributed by atoms with Crippen LogP contribution in [0.25, 0.3) is 0 Å². The van der Waals surface area contributed by atoms with Crippen molar-refractivity contribution >= 4 is 58.0 Å². The van der Waals surface area contributed by atoms with Crippen LogP contribution in [0.1, 0.15) is 13.8 Å². The largest absolute Gasteiger partial charge is 0.394 e. The summed E-state index contributed by atoms with van der Waals surface area (Å²) in [6.45, 7) is 3.44. The first-order valence-corrected chi connectivity index (χ1v) is 5.54. The van der Waals surface area contributed by atoms with E-state index in [4.69, 9.17) is 63.1 Å². The highest BCUT2D eigenvalue weighted by atomic mass is 35.5. The molecule has 0 unspecified atom stereocenters. The van der Waals surface area contributed by atoms with Crippen LogP contribution in [0.4, 0.5) is 0 Å². The van der Waals surface area contributed by atoms with Crippen molar-refractivity contribution in [3.63, 3.8) is 0 Å². The predicted octanol–water partition coefficient (Wildman–Crippen LogP) is 3.84. The smallest absolute Gasteiger partial charge is 0.121 e.